The van der Waals surface area contributed by atoms with Crippen LogP contribution in [0.3, 0.4) is 0 Å². The summed E-state index contributed by atoms with van der Waals surface area (Å²) < 4.78 is 4.62. The van der Waals surface area contributed by atoms with Gasteiger partial charge in [-0.3, -0.25) is 4.57 Å². The first-order valence-corrected chi connectivity index (χ1v) is 18.2. The molecule has 5 nitrogen and oxygen atoms in total. The molecule has 0 N–H and O–H groups in total. The van der Waals surface area contributed by atoms with E-state index < -0.39 is 0 Å². The minimum Gasteiger partial charge on any atom is -0.309 e. The van der Waals surface area contributed by atoms with Gasteiger partial charge in [-0.2, -0.15) is 9.97 Å². The second-order valence-electron chi connectivity index (χ2n) is 13.7. The fraction of sp³-hybridized carbons (Fsp3) is 0. The first-order valence-electron chi connectivity index (χ1n) is 18.2. The number of hydrogen-bond acceptors (Lipinski definition) is 3. The quantitative estimate of drug-likeness (QED) is 0.181. The third kappa shape index (κ3) is 4.69. The summed E-state index contributed by atoms with van der Waals surface area (Å²) in [4.78, 5) is 15.5. The van der Waals surface area contributed by atoms with E-state index in [1.165, 1.54) is 38.0 Å². The van der Waals surface area contributed by atoms with Crippen LogP contribution < -0.4 is 0 Å². The summed E-state index contributed by atoms with van der Waals surface area (Å²) in [5.41, 5.74) is 9.71. The van der Waals surface area contributed by atoms with Crippen LogP contribution >= 0.6 is 0 Å². The van der Waals surface area contributed by atoms with Gasteiger partial charge in [0.15, 0.2) is 11.6 Å². The van der Waals surface area contributed by atoms with Gasteiger partial charge >= 0.3 is 0 Å². The summed E-state index contributed by atoms with van der Waals surface area (Å²) in [6, 6.07) is 66.1. The van der Waals surface area contributed by atoms with Crippen molar-refractivity contribution in [3.05, 3.63) is 188 Å². The number of hydrogen-bond donors (Lipinski definition) is 0. The molecule has 11 rings (SSSR count). The van der Waals surface area contributed by atoms with E-state index in [1.54, 1.807) is 0 Å². The average molecular weight is 690 g/mol. The molecule has 0 fully saturated rings. The zero-order valence-electron chi connectivity index (χ0n) is 29.1. The van der Waals surface area contributed by atoms with Crippen LogP contribution in [0.4, 0.5) is 0 Å². The molecule has 0 saturated carbocycles. The van der Waals surface area contributed by atoms with Crippen molar-refractivity contribution in [2.45, 2.75) is 0 Å². The number of rotatable bonds is 5. The fourth-order valence-corrected chi connectivity index (χ4v) is 8.15. The van der Waals surface area contributed by atoms with Gasteiger partial charge in [0.05, 0.1) is 22.1 Å². The largest absolute Gasteiger partial charge is 0.309 e. The summed E-state index contributed by atoms with van der Waals surface area (Å²) in [6.07, 6.45) is 0. The highest BCUT2D eigenvalue weighted by atomic mass is 15.2. The molecule has 0 spiro atoms. The Morgan fingerprint density at radius 3 is 1.50 bits per heavy atom. The predicted octanol–water partition coefficient (Wildman–Crippen LogP) is 12.2. The van der Waals surface area contributed by atoms with Crippen LogP contribution in [0.1, 0.15) is 0 Å². The third-order valence-corrected chi connectivity index (χ3v) is 10.6. The van der Waals surface area contributed by atoms with Gasteiger partial charge in [-0.15, -0.1) is 0 Å². The summed E-state index contributed by atoms with van der Waals surface area (Å²) >= 11 is 0. The maximum Gasteiger partial charge on any atom is 0.238 e. The second-order valence-corrected chi connectivity index (χ2v) is 13.7. The Kier molecular flexibility index (Phi) is 6.79. The third-order valence-electron chi connectivity index (χ3n) is 10.6. The number of fused-ring (bicyclic) bond motifs is 9. The van der Waals surface area contributed by atoms with E-state index in [0.29, 0.717) is 17.6 Å². The standard InChI is InChI=1S/C49H31N5/c1-4-14-32(15-5-1)33-24-26-36(27-25-33)48-50-47(35-17-6-2-7-18-35)51-49(52-48)54-40-23-13-12-22-39(40)45-42(54)30-31-43-46(45)44-38-21-11-10-16-34(38)28-29-41(44)53(43)37-19-8-3-9-20-37/h1-31H. The van der Waals surface area contributed by atoms with Crippen molar-refractivity contribution < 1.29 is 0 Å². The lowest BCUT2D eigenvalue weighted by Crippen LogP contribution is -2.06. The van der Waals surface area contributed by atoms with Gasteiger partial charge in [0.2, 0.25) is 5.95 Å². The Bertz CT molecular complexity index is 3180. The first kappa shape index (κ1) is 30.3. The highest BCUT2D eigenvalue weighted by Crippen LogP contribution is 2.44. The maximum absolute atomic E-state index is 5.25. The molecule has 3 heterocycles. The van der Waals surface area contributed by atoms with E-state index in [0.717, 1.165) is 44.3 Å². The normalized spacial score (nSPS) is 11.7. The van der Waals surface area contributed by atoms with E-state index in [4.69, 9.17) is 15.0 Å². The SMILES string of the molecule is c1ccc(-c2ccc(-c3nc(-c4ccccc4)nc(-n4c5ccccc5c5c6c7c8ccccc8ccc7n(-c7ccccc7)c6ccc54)n3)cc2)cc1. The van der Waals surface area contributed by atoms with Gasteiger partial charge in [-0.1, -0.05) is 152 Å². The smallest absolute Gasteiger partial charge is 0.238 e. The molecule has 0 aliphatic rings. The molecule has 0 aliphatic heterocycles. The van der Waals surface area contributed by atoms with Crippen molar-refractivity contribution in [1.82, 2.24) is 24.1 Å². The molecule has 54 heavy (non-hydrogen) atoms. The molecule has 0 aliphatic carbocycles. The van der Waals surface area contributed by atoms with Crippen molar-refractivity contribution in [3.63, 3.8) is 0 Å². The Morgan fingerprint density at radius 2 is 0.778 bits per heavy atom. The number of nitrogens with zero attached hydrogens (tertiary/aromatic N) is 5. The summed E-state index contributed by atoms with van der Waals surface area (Å²) in [5.74, 6) is 1.83. The first-order chi connectivity index (χ1) is 26.8. The van der Waals surface area contributed by atoms with Crippen molar-refractivity contribution in [3.8, 4) is 45.5 Å². The van der Waals surface area contributed by atoms with Crippen LogP contribution in [-0.2, 0) is 0 Å². The van der Waals surface area contributed by atoms with Crippen LogP contribution in [0.5, 0.6) is 0 Å². The summed E-state index contributed by atoms with van der Waals surface area (Å²) in [6.45, 7) is 0. The van der Waals surface area contributed by atoms with Crippen molar-refractivity contribution in [1.29, 1.82) is 0 Å². The van der Waals surface area contributed by atoms with E-state index in [1.807, 2.05) is 24.3 Å². The Morgan fingerprint density at radius 1 is 0.296 bits per heavy atom. The van der Waals surface area contributed by atoms with E-state index >= 15 is 0 Å². The zero-order chi connectivity index (χ0) is 35.6. The molecular formula is C49H31N5. The Labute approximate surface area is 311 Å². The van der Waals surface area contributed by atoms with Crippen LogP contribution in [-0.4, -0.2) is 24.1 Å². The zero-order valence-corrected chi connectivity index (χ0v) is 29.1. The molecule has 3 aromatic heterocycles. The molecule has 5 heteroatoms. The van der Waals surface area contributed by atoms with E-state index in [2.05, 4.69) is 173 Å². The van der Waals surface area contributed by atoms with E-state index in [-0.39, 0.29) is 0 Å². The van der Waals surface area contributed by atoms with Crippen molar-refractivity contribution in [2.24, 2.45) is 0 Å². The van der Waals surface area contributed by atoms with Crippen LogP contribution in [0.25, 0.3) is 99.9 Å². The van der Waals surface area contributed by atoms with Gasteiger partial charge in [0.25, 0.3) is 0 Å². The number of benzene rings is 8. The Hall–Kier alpha value is -7.37. The molecule has 252 valence electrons. The highest BCUT2D eigenvalue weighted by Gasteiger charge is 2.23. The minimum absolute atomic E-state index is 0.577. The van der Waals surface area contributed by atoms with E-state index in [9.17, 15) is 0 Å². The summed E-state index contributed by atoms with van der Waals surface area (Å²) in [5, 5.41) is 7.22. The Balaban J connectivity index is 1.22. The molecule has 0 bridgehead atoms. The number of para-hydroxylation sites is 2. The molecule has 0 atom stereocenters. The molecule has 0 unspecified atom stereocenters. The van der Waals surface area contributed by atoms with Gasteiger partial charge in [0.1, 0.15) is 0 Å². The molecule has 0 amide bonds. The van der Waals surface area contributed by atoms with Crippen LogP contribution in [0.2, 0.25) is 0 Å². The lowest BCUT2D eigenvalue weighted by Gasteiger charge is -2.11. The number of aromatic nitrogens is 5. The molecular weight excluding hydrogens is 659 g/mol. The molecule has 8 aromatic carbocycles. The second kappa shape index (κ2) is 12.1. The fourth-order valence-electron chi connectivity index (χ4n) is 8.15. The lowest BCUT2D eigenvalue weighted by atomic mass is 10.0. The maximum atomic E-state index is 5.25. The van der Waals surface area contributed by atoms with Crippen molar-refractivity contribution in [2.75, 3.05) is 0 Å². The van der Waals surface area contributed by atoms with Gasteiger partial charge < -0.3 is 4.57 Å². The molecule has 0 saturated heterocycles. The summed E-state index contributed by atoms with van der Waals surface area (Å²) in [7, 11) is 0. The molecule has 11 aromatic rings. The average Bonchev–Trinajstić information content (AvgIpc) is 3.78. The van der Waals surface area contributed by atoms with Crippen molar-refractivity contribution >= 4 is 54.4 Å². The van der Waals surface area contributed by atoms with Gasteiger partial charge in [0, 0.05) is 38.4 Å². The van der Waals surface area contributed by atoms with Crippen LogP contribution in [0.15, 0.2) is 188 Å². The van der Waals surface area contributed by atoms with Crippen LogP contribution in [0, 0.1) is 0 Å². The van der Waals surface area contributed by atoms with Gasteiger partial charge in [-0.05, 0) is 58.3 Å². The van der Waals surface area contributed by atoms with Gasteiger partial charge in [-0.25, -0.2) is 4.98 Å². The monoisotopic (exact) mass is 689 g/mol. The highest BCUT2D eigenvalue weighted by molar-refractivity contribution is 6.33. The lowest BCUT2D eigenvalue weighted by molar-refractivity contribution is 0.953. The topological polar surface area (TPSA) is 48.5 Å². The molecule has 0 radical (unpaired) electrons. The predicted molar refractivity (Wildman–Crippen MR) is 222 cm³/mol. The minimum atomic E-state index is 0.577.